The minimum Gasteiger partial charge on any atom is -0.497 e. The molecular weight excluding hydrogens is 312 g/mol. The summed E-state index contributed by atoms with van der Waals surface area (Å²) in [6.07, 6.45) is 4.68. The summed E-state index contributed by atoms with van der Waals surface area (Å²) in [5.41, 5.74) is 1.31. The molecule has 1 atom stereocenters. The van der Waals surface area contributed by atoms with E-state index in [0.717, 1.165) is 50.7 Å². The summed E-state index contributed by atoms with van der Waals surface area (Å²) in [6.45, 7) is 9.41. The van der Waals surface area contributed by atoms with E-state index in [-0.39, 0.29) is 0 Å². The van der Waals surface area contributed by atoms with Crippen molar-refractivity contribution in [2.75, 3.05) is 39.8 Å². The Bertz CT molecular complexity index is 532. The minimum atomic E-state index is 0.609. The molecule has 0 saturated carbocycles. The quantitative estimate of drug-likeness (QED) is 0.410. The third kappa shape index (κ3) is 6.58. The van der Waals surface area contributed by atoms with Crippen LogP contribution in [0.4, 0.5) is 0 Å². The largest absolute Gasteiger partial charge is 0.497 e. The fraction of sp³-hybridized carbons (Fsp3) is 0.650. The molecule has 1 unspecified atom stereocenters. The van der Waals surface area contributed by atoms with Crippen LogP contribution >= 0.6 is 0 Å². The number of likely N-dealkylation sites (N-methyl/N-ethyl adjacent to an activating group) is 1. The molecule has 140 valence electrons. The van der Waals surface area contributed by atoms with Crippen LogP contribution in [0.3, 0.4) is 0 Å². The lowest BCUT2D eigenvalue weighted by Crippen LogP contribution is -2.39. The second-order valence-electron chi connectivity index (χ2n) is 6.53. The van der Waals surface area contributed by atoms with Gasteiger partial charge in [0.15, 0.2) is 5.96 Å². The summed E-state index contributed by atoms with van der Waals surface area (Å²) in [5, 5.41) is 6.82. The van der Waals surface area contributed by atoms with Crippen LogP contribution in [0.5, 0.6) is 5.75 Å². The van der Waals surface area contributed by atoms with Gasteiger partial charge in [-0.3, -0.25) is 9.89 Å². The molecule has 1 fully saturated rings. The van der Waals surface area contributed by atoms with Crippen molar-refractivity contribution in [2.24, 2.45) is 4.99 Å². The predicted molar refractivity (Wildman–Crippen MR) is 106 cm³/mol. The van der Waals surface area contributed by atoms with Crippen LogP contribution in [0.1, 0.15) is 38.7 Å². The van der Waals surface area contributed by atoms with Crippen LogP contribution in [0.25, 0.3) is 0 Å². The zero-order valence-electron chi connectivity index (χ0n) is 16.1. The lowest BCUT2D eigenvalue weighted by Gasteiger charge is -2.21. The van der Waals surface area contributed by atoms with E-state index >= 15 is 0 Å². The van der Waals surface area contributed by atoms with Crippen LogP contribution in [-0.4, -0.2) is 56.7 Å². The molecule has 1 aliphatic rings. The van der Waals surface area contributed by atoms with Gasteiger partial charge in [-0.1, -0.05) is 19.1 Å². The number of aliphatic imine (C=N–C) groups is 1. The average molecular weight is 347 g/mol. The maximum Gasteiger partial charge on any atom is 0.191 e. The number of hydrogen-bond acceptors (Lipinski definition) is 3. The van der Waals surface area contributed by atoms with Crippen LogP contribution in [-0.2, 0) is 6.42 Å². The Morgan fingerprint density at radius 3 is 2.96 bits per heavy atom. The highest BCUT2D eigenvalue weighted by molar-refractivity contribution is 5.79. The van der Waals surface area contributed by atoms with Crippen molar-refractivity contribution in [2.45, 2.75) is 45.6 Å². The second-order valence-corrected chi connectivity index (χ2v) is 6.53. The summed E-state index contributed by atoms with van der Waals surface area (Å²) in [5.74, 6) is 1.87. The average Bonchev–Trinajstić information content (AvgIpc) is 3.11. The Kier molecular flexibility index (Phi) is 8.60. The van der Waals surface area contributed by atoms with Crippen molar-refractivity contribution in [1.29, 1.82) is 0 Å². The van der Waals surface area contributed by atoms with Gasteiger partial charge < -0.3 is 15.4 Å². The van der Waals surface area contributed by atoms with E-state index in [1.807, 2.05) is 12.1 Å². The monoisotopic (exact) mass is 346 g/mol. The van der Waals surface area contributed by atoms with Gasteiger partial charge in [-0.25, -0.2) is 0 Å². The molecule has 2 rings (SSSR count). The van der Waals surface area contributed by atoms with Gasteiger partial charge in [0.1, 0.15) is 5.75 Å². The number of benzene rings is 1. The summed E-state index contributed by atoms with van der Waals surface area (Å²) in [7, 11) is 1.71. The molecule has 0 aliphatic carbocycles. The Labute approximate surface area is 152 Å². The third-order valence-electron chi connectivity index (χ3n) is 4.78. The Morgan fingerprint density at radius 1 is 1.32 bits per heavy atom. The minimum absolute atomic E-state index is 0.609. The normalized spacial score (nSPS) is 18.4. The first-order chi connectivity index (χ1) is 12.3. The molecule has 0 spiro atoms. The molecule has 0 amide bonds. The van der Waals surface area contributed by atoms with Gasteiger partial charge in [-0.05, 0) is 63.4 Å². The number of likely N-dealkylation sites (tertiary alicyclic amines) is 1. The highest BCUT2D eigenvalue weighted by Crippen LogP contribution is 2.16. The van der Waals surface area contributed by atoms with E-state index < -0.39 is 0 Å². The van der Waals surface area contributed by atoms with Crippen molar-refractivity contribution >= 4 is 5.96 Å². The van der Waals surface area contributed by atoms with Gasteiger partial charge in [0.05, 0.1) is 13.7 Å². The molecule has 5 heteroatoms. The van der Waals surface area contributed by atoms with Crippen LogP contribution in [0.2, 0.25) is 0 Å². The molecule has 1 heterocycles. The molecule has 0 aromatic heterocycles. The van der Waals surface area contributed by atoms with Gasteiger partial charge in [0.2, 0.25) is 0 Å². The van der Waals surface area contributed by atoms with E-state index in [1.54, 1.807) is 7.11 Å². The molecular formula is C20H34N4O. The first kappa shape index (κ1) is 19.6. The highest BCUT2D eigenvalue weighted by Gasteiger charge is 2.22. The van der Waals surface area contributed by atoms with Crippen molar-refractivity contribution < 1.29 is 4.74 Å². The summed E-state index contributed by atoms with van der Waals surface area (Å²) < 4.78 is 5.28. The zero-order chi connectivity index (χ0) is 17.9. The van der Waals surface area contributed by atoms with Crippen molar-refractivity contribution in [1.82, 2.24) is 15.5 Å². The lowest BCUT2D eigenvalue weighted by molar-refractivity contribution is 0.273. The SMILES string of the molecule is CCNC(=NCC1CCCN1CC)NCCCc1cccc(OC)c1. The molecule has 1 aliphatic heterocycles. The first-order valence-electron chi connectivity index (χ1n) is 9.66. The highest BCUT2D eigenvalue weighted by atomic mass is 16.5. The Morgan fingerprint density at radius 2 is 2.20 bits per heavy atom. The van der Waals surface area contributed by atoms with E-state index in [2.05, 4.69) is 41.5 Å². The maximum atomic E-state index is 5.28. The van der Waals surface area contributed by atoms with E-state index in [1.165, 1.54) is 24.9 Å². The Balaban J connectivity index is 1.75. The molecule has 1 saturated heterocycles. The number of rotatable bonds is 9. The smallest absolute Gasteiger partial charge is 0.191 e. The number of guanidine groups is 1. The number of ether oxygens (including phenoxy) is 1. The summed E-state index contributed by atoms with van der Waals surface area (Å²) in [6, 6.07) is 8.91. The van der Waals surface area contributed by atoms with Gasteiger partial charge >= 0.3 is 0 Å². The van der Waals surface area contributed by atoms with E-state index in [9.17, 15) is 0 Å². The van der Waals surface area contributed by atoms with Crippen LogP contribution in [0, 0.1) is 0 Å². The van der Waals surface area contributed by atoms with Gasteiger partial charge in [0, 0.05) is 19.1 Å². The predicted octanol–water partition coefficient (Wildman–Crippen LogP) is 2.67. The topological polar surface area (TPSA) is 48.9 Å². The lowest BCUT2D eigenvalue weighted by atomic mass is 10.1. The second kappa shape index (κ2) is 11.0. The first-order valence-corrected chi connectivity index (χ1v) is 9.66. The molecule has 1 aromatic carbocycles. The van der Waals surface area contributed by atoms with E-state index in [4.69, 9.17) is 9.73 Å². The number of aryl methyl sites for hydroxylation is 1. The molecule has 5 nitrogen and oxygen atoms in total. The van der Waals surface area contributed by atoms with Crippen LogP contribution in [0.15, 0.2) is 29.3 Å². The third-order valence-corrected chi connectivity index (χ3v) is 4.78. The zero-order valence-corrected chi connectivity index (χ0v) is 16.1. The van der Waals surface area contributed by atoms with Crippen LogP contribution < -0.4 is 15.4 Å². The van der Waals surface area contributed by atoms with Gasteiger partial charge in [-0.15, -0.1) is 0 Å². The van der Waals surface area contributed by atoms with Crippen molar-refractivity contribution in [3.8, 4) is 5.75 Å². The molecule has 0 radical (unpaired) electrons. The van der Waals surface area contributed by atoms with Crippen molar-refractivity contribution in [3.05, 3.63) is 29.8 Å². The molecule has 2 N–H and O–H groups in total. The fourth-order valence-electron chi connectivity index (χ4n) is 3.38. The number of nitrogens with one attached hydrogen (secondary N) is 2. The number of methoxy groups -OCH3 is 1. The van der Waals surface area contributed by atoms with Crippen molar-refractivity contribution in [3.63, 3.8) is 0 Å². The number of hydrogen-bond donors (Lipinski definition) is 2. The summed E-state index contributed by atoms with van der Waals surface area (Å²) in [4.78, 5) is 7.34. The van der Waals surface area contributed by atoms with Gasteiger partial charge in [0.25, 0.3) is 0 Å². The standard InChI is InChI=1S/C20H34N4O/c1-4-21-20(23-16-18-11-8-14-24(18)5-2)22-13-7-10-17-9-6-12-19(15-17)25-3/h6,9,12,15,18H,4-5,7-8,10-11,13-14,16H2,1-3H3,(H2,21,22,23). The fourth-order valence-corrected chi connectivity index (χ4v) is 3.38. The Hall–Kier alpha value is -1.75. The van der Waals surface area contributed by atoms with E-state index in [0.29, 0.717) is 6.04 Å². The molecule has 25 heavy (non-hydrogen) atoms. The summed E-state index contributed by atoms with van der Waals surface area (Å²) >= 11 is 0. The maximum absolute atomic E-state index is 5.28. The van der Waals surface area contributed by atoms with Gasteiger partial charge in [-0.2, -0.15) is 0 Å². The number of nitrogens with zero attached hydrogens (tertiary/aromatic N) is 2. The molecule has 1 aromatic rings. The molecule has 0 bridgehead atoms.